The summed E-state index contributed by atoms with van der Waals surface area (Å²) in [6, 6.07) is 4.85. The van der Waals surface area contributed by atoms with E-state index in [-0.39, 0.29) is 12.4 Å². The first-order chi connectivity index (χ1) is 7.29. The van der Waals surface area contributed by atoms with E-state index in [1.165, 1.54) is 6.07 Å². The Kier molecular flexibility index (Phi) is 5.68. The van der Waals surface area contributed by atoms with Gasteiger partial charge in [0.05, 0.1) is 6.61 Å². The molecular formula is C11H15FO2S. The monoisotopic (exact) mass is 230 g/mol. The van der Waals surface area contributed by atoms with Gasteiger partial charge in [0, 0.05) is 29.9 Å². The number of aliphatic hydroxyl groups excluding tert-OH is 1. The van der Waals surface area contributed by atoms with E-state index in [2.05, 4.69) is 0 Å². The zero-order valence-electron chi connectivity index (χ0n) is 8.70. The summed E-state index contributed by atoms with van der Waals surface area (Å²) < 4.78 is 18.2. The molecule has 0 unspecified atom stereocenters. The van der Waals surface area contributed by atoms with E-state index in [9.17, 15) is 4.39 Å². The van der Waals surface area contributed by atoms with Crippen molar-refractivity contribution in [2.24, 2.45) is 0 Å². The second-order valence-electron chi connectivity index (χ2n) is 3.07. The number of ether oxygens (including phenoxy) is 1. The highest BCUT2D eigenvalue weighted by Crippen LogP contribution is 2.25. The molecule has 0 saturated carbocycles. The molecule has 0 bridgehead atoms. The number of hydrogen-bond acceptors (Lipinski definition) is 3. The van der Waals surface area contributed by atoms with Crippen LogP contribution < -0.4 is 0 Å². The van der Waals surface area contributed by atoms with Crippen LogP contribution in [0.2, 0.25) is 0 Å². The Balaban J connectivity index is 2.56. The van der Waals surface area contributed by atoms with Crippen molar-refractivity contribution in [1.82, 2.24) is 0 Å². The summed E-state index contributed by atoms with van der Waals surface area (Å²) in [4.78, 5) is 0.814. The molecule has 0 aliphatic carbocycles. The van der Waals surface area contributed by atoms with E-state index < -0.39 is 0 Å². The summed E-state index contributed by atoms with van der Waals surface area (Å²) in [5, 5.41) is 9.02. The fraction of sp³-hybridized carbons (Fsp3) is 0.455. The van der Waals surface area contributed by atoms with Gasteiger partial charge in [0.25, 0.3) is 0 Å². The van der Waals surface area contributed by atoms with Crippen molar-refractivity contribution < 1.29 is 14.2 Å². The van der Waals surface area contributed by atoms with E-state index in [4.69, 9.17) is 9.84 Å². The highest BCUT2D eigenvalue weighted by molar-refractivity contribution is 7.99. The van der Waals surface area contributed by atoms with Crippen LogP contribution in [0.4, 0.5) is 4.39 Å². The minimum absolute atomic E-state index is 0.251. The lowest BCUT2D eigenvalue weighted by atomic mass is 10.2. The van der Waals surface area contributed by atoms with E-state index in [1.54, 1.807) is 24.9 Å². The Labute approximate surface area is 93.5 Å². The van der Waals surface area contributed by atoms with Crippen LogP contribution in [0.25, 0.3) is 0 Å². The maximum absolute atomic E-state index is 13.2. The number of halogens is 1. The summed E-state index contributed by atoms with van der Waals surface area (Å²) in [6.07, 6.45) is 0.919. The van der Waals surface area contributed by atoms with Gasteiger partial charge in [-0.05, 0) is 18.6 Å². The first-order valence-electron chi connectivity index (χ1n) is 4.79. The summed E-state index contributed by atoms with van der Waals surface area (Å²) in [5.74, 6) is 0.527. The third-order valence-electron chi connectivity index (χ3n) is 1.98. The van der Waals surface area contributed by atoms with E-state index in [0.717, 1.165) is 17.1 Å². The second kappa shape index (κ2) is 6.82. The standard InChI is InChI=1S/C11H15FO2S/c1-14-6-3-7-15-11-5-2-4-10(12)9(11)8-13/h2,4-5,13H,3,6-8H2,1H3. The zero-order valence-corrected chi connectivity index (χ0v) is 9.52. The Bertz CT molecular complexity index is 305. The Morgan fingerprint density at radius 2 is 2.27 bits per heavy atom. The van der Waals surface area contributed by atoms with Gasteiger partial charge in [-0.1, -0.05) is 6.07 Å². The number of aliphatic hydroxyl groups is 1. The average Bonchev–Trinajstić information content (AvgIpc) is 2.24. The van der Waals surface area contributed by atoms with Crippen LogP contribution in [0.5, 0.6) is 0 Å². The first-order valence-corrected chi connectivity index (χ1v) is 5.78. The van der Waals surface area contributed by atoms with Crippen molar-refractivity contribution in [3.63, 3.8) is 0 Å². The maximum atomic E-state index is 13.2. The van der Waals surface area contributed by atoms with Crippen molar-refractivity contribution in [2.45, 2.75) is 17.9 Å². The number of rotatable bonds is 6. The molecule has 1 N–H and O–H groups in total. The van der Waals surface area contributed by atoms with Crippen LogP contribution in [0.1, 0.15) is 12.0 Å². The Hall–Kier alpha value is -0.580. The van der Waals surface area contributed by atoms with Crippen LogP contribution in [0, 0.1) is 5.82 Å². The molecule has 1 aromatic rings. The zero-order chi connectivity index (χ0) is 11.1. The van der Waals surface area contributed by atoms with Crippen molar-refractivity contribution in [3.8, 4) is 0 Å². The lowest BCUT2D eigenvalue weighted by Gasteiger charge is -2.07. The highest BCUT2D eigenvalue weighted by atomic mass is 32.2. The molecule has 84 valence electrons. The molecule has 15 heavy (non-hydrogen) atoms. The highest BCUT2D eigenvalue weighted by Gasteiger charge is 2.06. The van der Waals surface area contributed by atoms with Gasteiger partial charge < -0.3 is 9.84 Å². The molecule has 0 amide bonds. The third-order valence-corrected chi connectivity index (χ3v) is 3.17. The van der Waals surface area contributed by atoms with Crippen LogP contribution in [-0.4, -0.2) is 24.6 Å². The van der Waals surface area contributed by atoms with Crippen molar-refractivity contribution in [1.29, 1.82) is 0 Å². The molecule has 0 heterocycles. The Morgan fingerprint density at radius 3 is 2.93 bits per heavy atom. The lowest BCUT2D eigenvalue weighted by Crippen LogP contribution is -1.95. The first kappa shape index (κ1) is 12.5. The van der Waals surface area contributed by atoms with Crippen LogP contribution in [0.3, 0.4) is 0 Å². The molecule has 1 rings (SSSR count). The van der Waals surface area contributed by atoms with Gasteiger partial charge >= 0.3 is 0 Å². The van der Waals surface area contributed by atoms with Crippen LogP contribution in [0.15, 0.2) is 23.1 Å². The SMILES string of the molecule is COCCCSc1cccc(F)c1CO. The molecule has 0 aromatic heterocycles. The fourth-order valence-corrected chi connectivity index (χ4v) is 2.21. The molecule has 0 spiro atoms. The fourth-order valence-electron chi connectivity index (χ4n) is 1.21. The topological polar surface area (TPSA) is 29.5 Å². The number of thioether (sulfide) groups is 1. The predicted octanol–water partition coefficient (Wildman–Crippen LogP) is 2.45. The molecule has 2 nitrogen and oxygen atoms in total. The van der Waals surface area contributed by atoms with Gasteiger partial charge in [-0.2, -0.15) is 0 Å². The number of methoxy groups -OCH3 is 1. The smallest absolute Gasteiger partial charge is 0.129 e. The normalized spacial score (nSPS) is 10.6. The van der Waals surface area contributed by atoms with Crippen LogP contribution in [-0.2, 0) is 11.3 Å². The second-order valence-corrected chi connectivity index (χ2v) is 4.21. The Morgan fingerprint density at radius 1 is 1.47 bits per heavy atom. The minimum Gasteiger partial charge on any atom is -0.392 e. The molecule has 1 aromatic carbocycles. The van der Waals surface area contributed by atoms with Gasteiger partial charge in [-0.3, -0.25) is 0 Å². The van der Waals surface area contributed by atoms with E-state index in [1.807, 2.05) is 6.07 Å². The summed E-state index contributed by atoms with van der Waals surface area (Å²) >= 11 is 1.55. The van der Waals surface area contributed by atoms with Crippen LogP contribution >= 0.6 is 11.8 Å². The van der Waals surface area contributed by atoms with Crippen molar-refractivity contribution in [2.75, 3.05) is 19.5 Å². The van der Waals surface area contributed by atoms with Gasteiger partial charge in [0.15, 0.2) is 0 Å². The molecule has 0 fully saturated rings. The third kappa shape index (κ3) is 3.81. The molecule has 0 aliphatic rings. The minimum atomic E-state index is -0.339. The molecule has 0 atom stereocenters. The van der Waals surface area contributed by atoms with E-state index >= 15 is 0 Å². The molecular weight excluding hydrogens is 215 g/mol. The van der Waals surface area contributed by atoms with Gasteiger partial charge in [-0.25, -0.2) is 4.39 Å². The van der Waals surface area contributed by atoms with Gasteiger partial charge in [0.1, 0.15) is 5.82 Å². The molecule has 4 heteroatoms. The number of hydrogen-bond donors (Lipinski definition) is 1. The largest absolute Gasteiger partial charge is 0.392 e. The summed E-state index contributed by atoms with van der Waals surface area (Å²) in [6.45, 7) is 0.454. The van der Waals surface area contributed by atoms with Crippen molar-refractivity contribution >= 4 is 11.8 Å². The average molecular weight is 230 g/mol. The van der Waals surface area contributed by atoms with Crippen molar-refractivity contribution in [3.05, 3.63) is 29.6 Å². The lowest BCUT2D eigenvalue weighted by molar-refractivity contribution is 0.200. The summed E-state index contributed by atoms with van der Waals surface area (Å²) in [5.41, 5.74) is 0.389. The van der Waals surface area contributed by atoms with E-state index in [0.29, 0.717) is 12.2 Å². The van der Waals surface area contributed by atoms with Gasteiger partial charge in [0.2, 0.25) is 0 Å². The molecule has 0 radical (unpaired) electrons. The number of benzene rings is 1. The summed E-state index contributed by atoms with van der Waals surface area (Å²) in [7, 11) is 1.66. The predicted molar refractivity (Wildman–Crippen MR) is 59.5 cm³/mol. The van der Waals surface area contributed by atoms with Gasteiger partial charge in [-0.15, -0.1) is 11.8 Å². The quantitative estimate of drug-likeness (QED) is 0.601. The molecule has 0 saturated heterocycles. The maximum Gasteiger partial charge on any atom is 0.129 e. The molecule has 0 aliphatic heterocycles.